The fraction of sp³-hybridized carbons (Fsp3) is 0.667. The van der Waals surface area contributed by atoms with E-state index in [2.05, 4.69) is 24.1 Å². The molecule has 0 bridgehead atoms. The highest BCUT2D eigenvalue weighted by atomic mass is 19.1. The van der Waals surface area contributed by atoms with Gasteiger partial charge in [-0.05, 0) is 79.8 Å². The predicted octanol–water partition coefficient (Wildman–Crippen LogP) is 3.83. The van der Waals surface area contributed by atoms with Gasteiger partial charge in [0.15, 0.2) is 0 Å². The van der Waals surface area contributed by atoms with Crippen LogP contribution in [-0.2, 0) is 10.2 Å². The van der Waals surface area contributed by atoms with E-state index in [9.17, 15) is 9.18 Å². The highest BCUT2D eigenvalue weighted by Gasteiger charge is 2.45. The molecule has 138 valence electrons. The lowest BCUT2D eigenvalue weighted by molar-refractivity contribution is -0.121. The predicted molar refractivity (Wildman–Crippen MR) is 99.2 cm³/mol. The van der Waals surface area contributed by atoms with Gasteiger partial charge in [-0.2, -0.15) is 0 Å². The van der Waals surface area contributed by atoms with E-state index in [1.165, 1.54) is 11.1 Å². The molecule has 4 heteroatoms. The minimum Gasteiger partial charge on any atom is -0.356 e. The number of fused-ring (bicyclic) bond motifs is 2. The zero-order valence-electron chi connectivity index (χ0n) is 15.8. The lowest BCUT2D eigenvalue weighted by Crippen LogP contribution is -2.43. The smallest absolute Gasteiger partial charge is 0.220 e. The van der Waals surface area contributed by atoms with E-state index in [4.69, 9.17) is 0 Å². The van der Waals surface area contributed by atoms with Gasteiger partial charge in [0.2, 0.25) is 5.91 Å². The Balaban J connectivity index is 1.80. The third-order valence-corrected chi connectivity index (χ3v) is 5.91. The average molecular weight is 346 g/mol. The van der Waals surface area contributed by atoms with Gasteiger partial charge in [-0.1, -0.05) is 19.9 Å². The Morgan fingerprint density at radius 3 is 2.72 bits per heavy atom. The van der Waals surface area contributed by atoms with E-state index in [1.807, 2.05) is 13.0 Å². The zero-order valence-corrected chi connectivity index (χ0v) is 15.8. The number of nitrogens with zero attached hydrogens (tertiary/aromatic N) is 1. The Labute approximate surface area is 151 Å². The van der Waals surface area contributed by atoms with Crippen LogP contribution in [0.5, 0.6) is 0 Å². The number of hydrogen-bond donors (Lipinski definition) is 1. The third kappa shape index (κ3) is 3.89. The molecule has 25 heavy (non-hydrogen) atoms. The summed E-state index contributed by atoms with van der Waals surface area (Å²) in [4.78, 5) is 14.7. The number of nitrogens with one attached hydrogen (secondary N) is 1. The van der Waals surface area contributed by atoms with Gasteiger partial charge in [-0.25, -0.2) is 4.39 Å². The number of piperidine rings is 1. The van der Waals surface area contributed by atoms with Crippen LogP contribution >= 0.6 is 0 Å². The van der Waals surface area contributed by atoms with E-state index in [-0.39, 0.29) is 23.1 Å². The Kier molecular flexibility index (Phi) is 5.47. The van der Waals surface area contributed by atoms with Crippen LogP contribution in [0.3, 0.4) is 0 Å². The Bertz CT molecular complexity index is 620. The van der Waals surface area contributed by atoms with Crippen molar-refractivity contribution < 1.29 is 9.18 Å². The van der Waals surface area contributed by atoms with Crippen LogP contribution in [0.1, 0.15) is 63.5 Å². The maximum atomic E-state index is 14.0. The normalized spacial score (nSPS) is 22.4. The van der Waals surface area contributed by atoms with Crippen LogP contribution in [-0.4, -0.2) is 37.0 Å². The summed E-state index contributed by atoms with van der Waals surface area (Å²) in [6.45, 7) is 10.4. The molecule has 1 aromatic carbocycles. The molecule has 1 aliphatic heterocycles. The van der Waals surface area contributed by atoms with Crippen LogP contribution < -0.4 is 5.32 Å². The minimum atomic E-state index is -0.151. The van der Waals surface area contributed by atoms with Crippen molar-refractivity contribution in [2.45, 2.75) is 57.8 Å². The molecular weight excluding hydrogens is 315 g/mol. The summed E-state index contributed by atoms with van der Waals surface area (Å²) in [6.07, 6.45) is 3.65. The quantitative estimate of drug-likeness (QED) is 0.879. The van der Waals surface area contributed by atoms with Crippen molar-refractivity contribution in [2.75, 3.05) is 26.2 Å². The molecule has 1 N–H and O–H groups in total. The van der Waals surface area contributed by atoms with Gasteiger partial charge in [-0.3, -0.25) is 4.79 Å². The van der Waals surface area contributed by atoms with Crippen LogP contribution in [0.2, 0.25) is 0 Å². The highest BCUT2D eigenvalue weighted by molar-refractivity contribution is 5.77. The summed E-state index contributed by atoms with van der Waals surface area (Å²) in [5.41, 5.74) is 2.43. The monoisotopic (exact) mass is 346 g/mol. The number of halogens is 1. The van der Waals surface area contributed by atoms with Gasteiger partial charge in [-0.15, -0.1) is 0 Å². The number of amides is 1. The van der Waals surface area contributed by atoms with E-state index in [0.29, 0.717) is 18.9 Å². The molecule has 2 aliphatic rings. The molecule has 0 unspecified atom stereocenters. The second kappa shape index (κ2) is 7.45. The van der Waals surface area contributed by atoms with Gasteiger partial charge in [0.05, 0.1) is 0 Å². The van der Waals surface area contributed by atoms with Gasteiger partial charge in [0.1, 0.15) is 5.82 Å². The molecule has 1 amide bonds. The molecular formula is C21H31FN2O. The average Bonchev–Trinajstić information content (AvgIpc) is 2.83. The summed E-state index contributed by atoms with van der Waals surface area (Å²) in [7, 11) is 0. The molecule has 1 fully saturated rings. The number of rotatable bonds is 5. The largest absolute Gasteiger partial charge is 0.356 e. The van der Waals surface area contributed by atoms with Crippen molar-refractivity contribution >= 4 is 5.91 Å². The maximum absolute atomic E-state index is 14.0. The molecule has 0 saturated carbocycles. The van der Waals surface area contributed by atoms with Crippen molar-refractivity contribution in [3.05, 3.63) is 35.1 Å². The second-order valence-corrected chi connectivity index (χ2v) is 8.27. The molecule has 3 nitrogen and oxygen atoms in total. The van der Waals surface area contributed by atoms with E-state index in [1.54, 1.807) is 12.1 Å². The fourth-order valence-corrected chi connectivity index (χ4v) is 4.86. The molecule has 1 aromatic rings. The molecule has 1 spiro atoms. The molecule has 0 aromatic heterocycles. The van der Waals surface area contributed by atoms with E-state index < -0.39 is 0 Å². The van der Waals surface area contributed by atoms with Crippen molar-refractivity contribution in [1.29, 1.82) is 0 Å². The van der Waals surface area contributed by atoms with Crippen LogP contribution in [0.15, 0.2) is 18.2 Å². The van der Waals surface area contributed by atoms with Gasteiger partial charge in [0.25, 0.3) is 0 Å². The second-order valence-electron chi connectivity index (χ2n) is 8.27. The summed E-state index contributed by atoms with van der Waals surface area (Å²) in [5.74, 6) is 0.852. The first-order valence-electron chi connectivity index (χ1n) is 9.72. The maximum Gasteiger partial charge on any atom is 0.220 e. The number of benzene rings is 1. The standard InChI is InChI=1S/C21H31FN2O/c1-4-23-20(25)11-16-13-21(19-12-17(22)5-6-18(16)19)7-9-24(10-8-21)14-15(2)3/h5-6,12,15-16H,4,7-11,13-14H2,1-3H3,(H,23,25)/t16-/m0/s1. The van der Waals surface area contributed by atoms with Gasteiger partial charge >= 0.3 is 0 Å². The first-order valence-corrected chi connectivity index (χ1v) is 9.72. The van der Waals surface area contributed by atoms with Crippen molar-refractivity contribution in [3.63, 3.8) is 0 Å². The van der Waals surface area contributed by atoms with Crippen molar-refractivity contribution in [2.24, 2.45) is 5.92 Å². The fourth-order valence-electron chi connectivity index (χ4n) is 4.86. The Morgan fingerprint density at radius 2 is 2.08 bits per heavy atom. The summed E-state index contributed by atoms with van der Waals surface area (Å²) in [6, 6.07) is 5.21. The molecule has 3 rings (SSSR count). The SMILES string of the molecule is CCNC(=O)C[C@H]1CC2(CCN(CC(C)C)CC2)c2cc(F)ccc21. The summed E-state index contributed by atoms with van der Waals surface area (Å²) >= 11 is 0. The van der Waals surface area contributed by atoms with Gasteiger partial charge in [0, 0.05) is 19.5 Å². The van der Waals surface area contributed by atoms with Crippen LogP contribution in [0.4, 0.5) is 4.39 Å². The molecule has 1 aliphatic carbocycles. The Morgan fingerprint density at radius 1 is 1.36 bits per heavy atom. The van der Waals surface area contributed by atoms with Crippen molar-refractivity contribution in [1.82, 2.24) is 10.2 Å². The zero-order chi connectivity index (χ0) is 18.0. The highest BCUT2D eigenvalue weighted by Crippen LogP contribution is 2.52. The summed E-state index contributed by atoms with van der Waals surface area (Å²) in [5, 5.41) is 2.91. The minimum absolute atomic E-state index is 0.0576. The molecule has 1 heterocycles. The lowest BCUT2D eigenvalue weighted by atomic mass is 9.73. The van der Waals surface area contributed by atoms with Crippen LogP contribution in [0.25, 0.3) is 0 Å². The van der Waals surface area contributed by atoms with E-state index in [0.717, 1.165) is 38.9 Å². The van der Waals surface area contributed by atoms with Gasteiger partial charge < -0.3 is 10.2 Å². The summed E-state index contributed by atoms with van der Waals surface area (Å²) < 4.78 is 14.0. The first-order chi connectivity index (χ1) is 11.9. The van der Waals surface area contributed by atoms with Crippen LogP contribution in [0, 0.1) is 11.7 Å². The number of carbonyl (C=O) groups is 1. The third-order valence-electron chi connectivity index (χ3n) is 5.91. The molecule has 1 atom stereocenters. The Hall–Kier alpha value is -1.42. The first kappa shape index (κ1) is 18.4. The lowest BCUT2D eigenvalue weighted by Gasteiger charge is -2.41. The van der Waals surface area contributed by atoms with Crippen molar-refractivity contribution in [3.8, 4) is 0 Å². The molecule has 0 radical (unpaired) electrons. The topological polar surface area (TPSA) is 32.3 Å². The number of carbonyl (C=O) groups excluding carboxylic acids is 1. The van der Waals surface area contributed by atoms with E-state index >= 15 is 0 Å². The number of likely N-dealkylation sites (tertiary alicyclic amines) is 1. The number of hydrogen-bond acceptors (Lipinski definition) is 2. The molecule has 1 saturated heterocycles.